The molecule has 1 atom stereocenters. The van der Waals surface area contributed by atoms with Gasteiger partial charge in [0.1, 0.15) is 0 Å². The van der Waals surface area contributed by atoms with E-state index >= 15 is 0 Å². The maximum absolute atomic E-state index is 12.6. The van der Waals surface area contributed by atoms with Gasteiger partial charge >= 0.3 is 0 Å². The fourth-order valence-corrected chi connectivity index (χ4v) is 2.68. The first-order valence-corrected chi connectivity index (χ1v) is 6.64. The fourth-order valence-electron chi connectivity index (χ4n) is 2.68. The SMILES string of the molecule is C=Cc1c(C)cccc1C(=O)N1CCCC(C)C1. The van der Waals surface area contributed by atoms with Crippen LogP contribution in [0.2, 0.25) is 0 Å². The van der Waals surface area contributed by atoms with Gasteiger partial charge in [-0.15, -0.1) is 0 Å². The largest absolute Gasteiger partial charge is 0.338 e. The lowest BCUT2D eigenvalue weighted by Gasteiger charge is -2.31. The highest BCUT2D eigenvalue weighted by Crippen LogP contribution is 2.21. The van der Waals surface area contributed by atoms with E-state index in [9.17, 15) is 4.79 Å². The molecule has 96 valence electrons. The lowest BCUT2D eigenvalue weighted by Crippen LogP contribution is -2.39. The Morgan fingerprint density at radius 1 is 1.50 bits per heavy atom. The molecule has 0 bridgehead atoms. The van der Waals surface area contributed by atoms with E-state index in [1.54, 1.807) is 6.08 Å². The minimum atomic E-state index is 0.153. The molecule has 0 aliphatic carbocycles. The highest BCUT2D eigenvalue weighted by Gasteiger charge is 2.23. The zero-order chi connectivity index (χ0) is 13.1. The monoisotopic (exact) mass is 243 g/mol. The number of nitrogens with zero attached hydrogens (tertiary/aromatic N) is 1. The van der Waals surface area contributed by atoms with Crippen molar-refractivity contribution < 1.29 is 4.79 Å². The minimum absolute atomic E-state index is 0.153. The third-order valence-electron chi connectivity index (χ3n) is 3.70. The predicted molar refractivity (Wildman–Crippen MR) is 75.6 cm³/mol. The first-order chi connectivity index (χ1) is 8.63. The molecule has 2 rings (SSSR count). The maximum Gasteiger partial charge on any atom is 0.254 e. The van der Waals surface area contributed by atoms with Crippen LogP contribution in [-0.4, -0.2) is 23.9 Å². The average Bonchev–Trinajstić information content (AvgIpc) is 2.37. The van der Waals surface area contributed by atoms with Crippen molar-refractivity contribution in [2.24, 2.45) is 5.92 Å². The first kappa shape index (κ1) is 12.9. The lowest BCUT2D eigenvalue weighted by molar-refractivity contribution is 0.0682. The predicted octanol–water partition coefficient (Wildman–Crippen LogP) is 3.51. The molecule has 18 heavy (non-hydrogen) atoms. The van der Waals surface area contributed by atoms with Crippen LogP contribution in [-0.2, 0) is 0 Å². The highest BCUT2D eigenvalue weighted by atomic mass is 16.2. The molecule has 1 saturated heterocycles. The Morgan fingerprint density at radius 3 is 2.94 bits per heavy atom. The van der Waals surface area contributed by atoms with Gasteiger partial charge in [-0.3, -0.25) is 4.79 Å². The Hall–Kier alpha value is -1.57. The summed E-state index contributed by atoms with van der Waals surface area (Å²) in [7, 11) is 0. The van der Waals surface area contributed by atoms with Crippen LogP contribution in [0.15, 0.2) is 24.8 Å². The Bertz CT molecular complexity index is 464. The van der Waals surface area contributed by atoms with E-state index in [1.807, 2.05) is 30.0 Å². The molecule has 1 aliphatic rings. The summed E-state index contributed by atoms with van der Waals surface area (Å²) in [5.41, 5.74) is 2.88. The van der Waals surface area contributed by atoms with Gasteiger partial charge in [-0.25, -0.2) is 0 Å². The summed E-state index contributed by atoms with van der Waals surface area (Å²) in [6.45, 7) is 9.82. The second kappa shape index (κ2) is 5.38. The normalized spacial score (nSPS) is 19.7. The molecule has 1 aliphatic heterocycles. The third-order valence-corrected chi connectivity index (χ3v) is 3.70. The Balaban J connectivity index is 2.28. The number of aryl methyl sites for hydroxylation is 1. The molecular formula is C16H21NO. The molecule has 1 aromatic rings. The van der Waals surface area contributed by atoms with Crippen LogP contribution in [0.5, 0.6) is 0 Å². The van der Waals surface area contributed by atoms with Crippen molar-refractivity contribution >= 4 is 12.0 Å². The van der Waals surface area contributed by atoms with Crippen molar-refractivity contribution in [3.63, 3.8) is 0 Å². The molecule has 1 amide bonds. The number of hydrogen-bond donors (Lipinski definition) is 0. The van der Waals surface area contributed by atoms with Gasteiger partial charge in [0.15, 0.2) is 0 Å². The van der Waals surface area contributed by atoms with Gasteiger partial charge in [0, 0.05) is 18.7 Å². The number of amides is 1. The van der Waals surface area contributed by atoms with Crippen molar-refractivity contribution in [2.45, 2.75) is 26.7 Å². The Kier molecular flexibility index (Phi) is 3.85. The first-order valence-electron chi connectivity index (χ1n) is 6.64. The van der Waals surface area contributed by atoms with Crippen molar-refractivity contribution in [2.75, 3.05) is 13.1 Å². The number of piperidine rings is 1. The van der Waals surface area contributed by atoms with E-state index in [0.717, 1.165) is 36.2 Å². The quantitative estimate of drug-likeness (QED) is 0.778. The van der Waals surface area contributed by atoms with Crippen LogP contribution in [0.1, 0.15) is 41.3 Å². The molecule has 1 heterocycles. The summed E-state index contributed by atoms with van der Waals surface area (Å²) in [6, 6.07) is 5.88. The Morgan fingerprint density at radius 2 is 2.28 bits per heavy atom. The molecular weight excluding hydrogens is 222 g/mol. The Labute approximate surface area is 109 Å². The number of rotatable bonds is 2. The zero-order valence-corrected chi connectivity index (χ0v) is 11.3. The number of hydrogen-bond acceptors (Lipinski definition) is 1. The van der Waals surface area contributed by atoms with E-state index in [4.69, 9.17) is 0 Å². The van der Waals surface area contributed by atoms with Gasteiger partial charge in [0.2, 0.25) is 0 Å². The van der Waals surface area contributed by atoms with Crippen LogP contribution < -0.4 is 0 Å². The van der Waals surface area contributed by atoms with Crippen LogP contribution in [0, 0.1) is 12.8 Å². The molecule has 1 fully saturated rings. The number of carbonyl (C=O) groups is 1. The minimum Gasteiger partial charge on any atom is -0.338 e. The summed E-state index contributed by atoms with van der Waals surface area (Å²) in [4.78, 5) is 14.5. The van der Waals surface area contributed by atoms with Crippen molar-refractivity contribution in [3.05, 3.63) is 41.5 Å². The summed E-state index contributed by atoms with van der Waals surface area (Å²) >= 11 is 0. The number of carbonyl (C=O) groups excluding carboxylic acids is 1. The van der Waals surface area contributed by atoms with Crippen molar-refractivity contribution in [1.82, 2.24) is 4.90 Å². The summed E-state index contributed by atoms with van der Waals surface area (Å²) < 4.78 is 0. The molecule has 2 nitrogen and oxygen atoms in total. The van der Waals surface area contributed by atoms with Crippen LogP contribution in [0.4, 0.5) is 0 Å². The van der Waals surface area contributed by atoms with E-state index in [0.29, 0.717) is 5.92 Å². The summed E-state index contributed by atoms with van der Waals surface area (Å²) in [5, 5.41) is 0. The van der Waals surface area contributed by atoms with Gasteiger partial charge < -0.3 is 4.90 Å². The van der Waals surface area contributed by atoms with Crippen molar-refractivity contribution in [1.29, 1.82) is 0 Å². The number of likely N-dealkylation sites (tertiary alicyclic amines) is 1. The molecule has 2 heteroatoms. The summed E-state index contributed by atoms with van der Waals surface area (Å²) in [6.07, 6.45) is 4.13. The molecule has 1 aromatic carbocycles. The third kappa shape index (κ3) is 2.47. The molecule has 0 aromatic heterocycles. The van der Waals surface area contributed by atoms with E-state index in [1.165, 1.54) is 6.42 Å². The molecule has 0 N–H and O–H groups in total. The smallest absolute Gasteiger partial charge is 0.254 e. The van der Waals surface area contributed by atoms with E-state index in [2.05, 4.69) is 13.5 Å². The second-order valence-electron chi connectivity index (χ2n) is 5.24. The van der Waals surface area contributed by atoms with Gasteiger partial charge in [-0.05, 0) is 42.9 Å². The number of benzene rings is 1. The highest BCUT2D eigenvalue weighted by molar-refractivity contribution is 5.98. The topological polar surface area (TPSA) is 20.3 Å². The lowest BCUT2D eigenvalue weighted by atomic mass is 9.97. The summed E-state index contributed by atoms with van der Waals surface area (Å²) in [5.74, 6) is 0.764. The van der Waals surface area contributed by atoms with E-state index in [-0.39, 0.29) is 5.91 Å². The van der Waals surface area contributed by atoms with Crippen LogP contribution in [0.3, 0.4) is 0 Å². The fraction of sp³-hybridized carbons (Fsp3) is 0.438. The second-order valence-corrected chi connectivity index (χ2v) is 5.24. The molecule has 1 unspecified atom stereocenters. The van der Waals surface area contributed by atoms with Crippen LogP contribution >= 0.6 is 0 Å². The van der Waals surface area contributed by atoms with Gasteiger partial charge in [-0.1, -0.05) is 31.7 Å². The van der Waals surface area contributed by atoms with Gasteiger partial charge in [0.25, 0.3) is 5.91 Å². The molecule has 0 radical (unpaired) electrons. The van der Waals surface area contributed by atoms with Crippen LogP contribution in [0.25, 0.3) is 6.08 Å². The standard InChI is InChI=1S/C16H21NO/c1-4-14-13(3)8-5-9-15(14)16(18)17-10-6-7-12(2)11-17/h4-5,8-9,12H,1,6-7,10-11H2,2-3H3. The van der Waals surface area contributed by atoms with Crippen molar-refractivity contribution in [3.8, 4) is 0 Å². The van der Waals surface area contributed by atoms with Gasteiger partial charge in [-0.2, -0.15) is 0 Å². The molecule has 0 saturated carbocycles. The van der Waals surface area contributed by atoms with E-state index < -0.39 is 0 Å². The average molecular weight is 243 g/mol. The maximum atomic E-state index is 12.6. The molecule has 0 spiro atoms. The van der Waals surface area contributed by atoms with Gasteiger partial charge in [0.05, 0.1) is 0 Å². The zero-order valence-electron chi connectivity index (χ0n) is 11.3.